The molecule has 6 heteroatoms. The minimum Gasteiger partial charge on any atom is -0.397 e. The van der Waals surface area contributed by atoms with Gasteiger partial charge < -0.3 is 10.6 Å². The van der Waals surface area contributed by atoms with Gasteiger partial charge in [-0.1, -0.05) is 18.2 Å². The van der Waals surface area contributed by atoms with Crippen LogP contribution in [0.25, 0.3) is 10.1 Å². The molecule has 0 aliphatic carbocycles. The van der Waals surface area contributed by atoms with Crippen LogP contribution >= 0.6 is 11.3 Å². The number of carbonyl (C=O) groups is 1. The van der Waals surface area contributed by atoms with E-state index in [-0.39, 0.29) is 5.91 Å². The minimum absolute atomic E-state index is 0.0994. The second-order valence-electron chi connectivity index (χ2n) is 5.53. The largest absolute Gasteiger partial charge is 0.397 e. The molecule has 0 bridgehead atoms. The summed E-state index contributed by atoms with van der Waals surface area (Å²) >= 11 is 1.47. The number of hydrogen-bond acceptors (Lipinski definition) is 5. The van der Waals surface area contributed by atoms with E-state index in [1.165, 1.54) is 11.3 Å². The predicted molar refractivity (Wildman–Crippen MR) is 87.5 cm³/mol. The second-order valence-corrected chi connectivity index (χ2v) is 6.55. The van der Waals surface area contributed by atoms with E-state index in [0.29, 0.717) is 10.6 Å². The highest BCUT2D eigenvalue weighted by Crippen LogP contribution is 2.35. The van der Waals surface area contributed by atoms with Crippen molar-refractivity contribution in [2.45, 2.75) is 6.92 Å². The monoisotopic (exact) mass is 304 g/mol. The Labute approximate surface area is 128 Å². The summed E-state index contributed by atoms with van der Waals surface area (Å²) in [6.07, 6.45) is 0. The van der Waals surface area contributed by atoms with E-state index in [9.17, 15) is 4.79 Å². The SMILES string of the molecule is Cc1cccc2c(N)c(C(=O)NN3CCN(C)CC3)sc12. The van der Waals surface area contributed by atoms with E-state index >= 15 is 0 Å². The first kappa shape index (κ1) is 14.3. The van der Waals surface area contributed by atoms with Gasteiger partial charge in [0, 0.05) is 36.3 Å². The van der Waals surface area contributed by atoms with Crippen LogP contribution in [0, 0.1) is 6.92 Å². The van der Waals surface area contributed by atoms with E-state index in [1.807, 2.05) is 30.1 Å². The number of nitrogens with two attached hydrogens (primary N) is 1. The average Bonchev–Trinajstić information content (AvgIpc) is 2.81. The predicted octanol–water partition coefficient (Wildman–Crippen LogP) is 1.68. The molecule has 1 fully saturated rings. The fourth-order valence-electron chi connectivity index (χ4n) is 2.56. The van der Waals surface area contributed by atoms with Gasteiger partial charge in [-0.25, -0.2) is 5.01 Å². The number of fused-ring (bicyclic) bond motifs is 1. The average molecular weight is 304 g/mol. The van der Waals surface area contributed by atoms with Gasteiger partial charge in [-0.05, 0) is 19.5 Å². The number of carbonyl (C=O) groups excluding carboxylic acids is 1. The number of amides is 1. The zero-order valence-corrected chi connectivity index (χ0v) is 13.2. The van der Waals surface area contributed by atoms with Crippen LogP contribution in [0.1, 0.15) is 15.2 Å². The van der Waals surface area contributed by atoms with E-state index in [2.05, 4.69) is 17.4 Å². The lowest BCUT2D eigenvalue weighted by molar-refractivity contribution is 0.0667. The van der Waals surface area contributed by atoms with Gasteiger partial charge in [0.2, 0.25) is 0 Å². The molecule has 1 aromatic carbocycles. The molecule has 0 spiro atoms. The molecular formula is C15H20N4OS. The Hall–Kier alpha value is -1.63. The zero-order chi connectivity index (χ0) is 15.0. The maximum Gasteiger partial charge on any atom is 0.277 e. The Bertz CT molecular complexity index is 674. The van der Waals surface area contributed by atoms with E-state index in [0.717, 1.165) is 41.8 Å². The molecule has 0 atom stereocenters. The molecule has 1 saturated heterocycles. The van der Waals surface area contributed by atoms with Crippen LogP contribution in [-0.2, 0) is 0 Å². The molecule has 1 aliphatic heterocycles. The van der Waals surface area contributed by atoms with Crippen molar-refractivity contribution in [2.75, 3.05) is 39.0 Å². The van der Waals surface area contributed by atoms with Gasteiger partial charge in [-0.15, -0.1) is 11.3 Å². The standard InChI is InChI=1S/C15H20N4OS/c1-10-4-3-5-11-12(16)14(21-13(10)11)15(20)17-19-8-6-18(2)7-9-19/h3-5H,6-9,16H2,1-2H3,(H,17,20). The summed E-state index contributed by atoms with van der Waals surface area (Å²) in [7, 11) is 2.09. The number of piperazine rings is 1. The lowest BCUT2D eigenvalue weighted by Crippen LogP contribution is -2.52. The minimum atomic E-state index is -0.0994. The molecule has 1 aromatic heterocycles. The van der Waals surface area contributed by atoms with Crippen LogP contribution in [-0.4, -0.2) is 49.0 Å². The molecule has 3 rings (SSSR count). The van der Waals surface area contributed by atoms with E-state index < -0.39 is 0 Å². The Morgan fingerprint density at radius 1 is 1.29 bits per heavy atom. The number of nitrogen functional groups attached to an aromatic ring is 1. The molecule has 21 heavy (non-hydrogen) atoms. The van der Waals surface area contributed by atoms with Crippen LogP contribution in [0.3, 0.4) is 0 Å². The van der Waals surface area contributed by atoms with Crippen LogP contribution < -0.4 is 11.2 Å². The number of likely N-dealkylation sites (N-methyl/N-ethyl adjacent to an activating group) is 1. The normalized spacial score (nSPS) is 17.2. The quantitative estimate of drug-likeness (QED) is 0.886. The van der Waals surface area contributed by atoms with Gasteiger partial charge >= 0.3 is 0 Å². The number of thiophene rings is 1. The van der Waals surface area contributed by atoms with Crippen LogP contribution in [0.2, 0.25) is 0 Å². The summed E-state index contributed by atoms with van der Waals surface area (Å²) in [6, 6.07) is 5.99. The number of aryl methyl sites for hydroxylation is 1. The maximum atomic E-state index is 12.5. The smallest absolute Gasteiger partial charge is 0.277 e. The van der Waals surface area contributed by atoms with Crippen molar-refractivity contribution in [2.24, 2.45) is 0 Å². The van der Waals surface area contributed by atoms with E-state index in [4.69, 9.17) is 5.73 Å². The molecule has 0 saturated carbocycles. The van der Waals surface area contributed by atoms with Crippen LogP contribution in [0.4, 0.5) is 5.69 Å². The van der Waals surface area contributed by atoms with E-state index in [1.54, 1.807) is 0 Å². The van der Waals surface area contributed by atoms with Crippen LogP contribution in [0.5, 0.6) is 0 Å². The molecule has 112 valence electrons. The molecule has 3 N–H and O–H groups in total. The first-order chi connectivity index (χ1) is 10.1. The Kier molecular flexibility index (Phi) is 3.84. The van der Waals surface area contributed by atoms with Gasteiger partial charge in [0.1, 0.15) is 4.88 Å². The van der Waals surface area contributed by atoms with Crippen LogP contribution in [0.15, 0.2) is 18.2 Å². The topological polar surface area (TPSA) is 61.6 Å². The van der Waals surface area contributed by atoms with Gasteiger partial charge in [-0.2, -0.15) is 0 Å². The number of nitrogens with zero attached hydrogens (tertiary/aromatic N) is 2. The van der Waals surface area contributed by atoms with Crippen molar-refractivity contribution < 1.29 is 4.79 Å². The van der Waals surface area contributed by atoms with Crippen molar-refractivity contribution in [1.82, 2.24) is 15.3 Å². The summed E-state index contributed by atoms with van der Waals surface area (Å²) in [6.45, 7) is 5.64. The lowest BCUT2D eigenvalue weighted by Gasteiger charge is -2.32. The summed E-state index contributed by atoms with van der Waals surface area (Å²) in [4.78, 5) is 15.3. The van der Waals surface area contributed by atoms with Crippen molar-refractivity contribution in [3.63, 3.8) is 0 Å². The molecule has 0 unspecified atom stereocenters. The fraction of sp³-hybridized carbons (Fsp3) is 0.400. The Morgan fingerprint density at radius 3 is 2.67 bits per heavy atom. The first-order valence-corrected chi connectivity index (χ1v) is 7.90. The molecular weight excluding hydrogens is 284 g/mol. The summed E-state index contributed by atoms with van der Waals surface area (Å²) in [5.74, 6) is -0.0994. The Balaban J connectivity index is 1.82. The number of benzene rings is 1. The molecule has 2 heterocycles. The van der Waals surface area contributed by atoms with Gasteiger partial charge in [-0.3, -0.25) is 10.2 Å². The lowest BCUT2D eigenvalue weighted by atomic mass is 10.1. The van der Waals surface area contributed by atoms with Crippen molar-refractivity contribution in [3.8, 4) is 0 Å². The maximum absolute atomic E-state index is 12.5. The number of rotatable bonds is 2. The third-order valence-corrected chi connectivity index (χ3v) is 5.28. The highest BCUT2D eigenvalue weighted by atomic mass is 32.1. The Morgan fingerprint density at radius 2 is 2.00 bits per heavy atom. The van der Waals surface area contributed by atoms with Gasteiger partial charge in [0.25, 0.3) is 5.91 Å². The summed E-state index contributed by atoms with van der Waals surface area (Å²) < 4.78 is 1.10. The van der Waals surface area contributed by atoms with Crippen molar-refractivity contribution in [3.05, 3.63) is 28.6 Å². The molecule has 1 aliphatic rings. The first-order valence-electron chi connectivity index (χ1n) is 7.08. The highest BCUT2D eigenvalue weighted by Gasteiger charge is 2.21. The summed E-state index contributed by atoms with van der Waals surface area (Å²) in [5, 5.41) is 2.95. The zero-order valence-electron chi connectivity index (χ0n) is 12.3. The summed E-state index contributed by atoms with van der Waals surface area (Å²) in [5.41, 5.74) is 10.9. The molecule has 1 amide bonds. The number of nitrogens with one attached hydrogen (secondary N) is 1. The number of anilines is 1. The molecule has 2 aromatic rings. The third kappa shape index (κ3) is 2.74. The molecule has 0 radical (unpaired) electrons. The molecule has 5 nitrogen and oxygen atoms in total. The number of hydrazine groups is 1. The van der Waals surface area contributed by atoms with Gasteiger partial charge in [0.15, 0.2) is 0 Å². The highest BCUT2D eigenvalue weighted by molar-refractivity contribution is 7.21. The van der Waals surface area contributed by atoms with Crippen molar-refractivity contribution in [1.29, 1.82) is 0 Å². The van der Waals surface area contributed by atoms with Gasteiger partial charge in [0.05, 0.1) is 5.69 Å². The number of hydrogen-bond donors (Lipinski definition) is 2. The van der Waals surface area contributed by atoms with Crippen molar-refractivity contribution >= 4 is 33.0 Å². The fourth-order valence-corrected chi connectivity index (χ4v) is 3.64. The third-order valence-electron chi connectivity index (χ3n) is 3.92. The second kappa shape index (κ2) is 5.63.